The Morgan fingerprint density at radius 2 is 1.76 bits per heavy atom. The first-order valence-electron chi connectivity index (χ1n) is 12.4. The summed E-state index contributed by atoms with van der Waals surface area (Å²) in [5.74, 6) is 1.80. The number of rotatable bonds is 6. The van der Waals surface area contributed by atoms with Crippen molar-refractivity contribution in [1.29, 1.82) is 0 Å². The van der Waals surface area contributed by atoms with Crippen molar-refractivity contribution in [2.75, 3.05) is 50.6 Å². The van der Waals surface area contributed by atoms with Gasteiger partial charge in [-0.2, -0.15) is 0 Å². The molecule has 1 fully saturated rings. The van der Waals surface area contributed by atoms with Crippen molar-refractivity contribution in [2.24, 2.45) is 0 Å². The lowest BCUT2D eigenvalue weighted by molar-refractivity contribution is -0.129. The fraction of sp³-hybridized carbons (Fsp3) is 0.286. The molecule has 4 aromatic rings. The fourth-order valence-corrected chi connectivity index (χ4v) is 4.71. The standard InChI is InChI=1S/C28H30N6O4/c1-17-16-29-28(32-27(17)20-5-7-21-19(13-20)6-8-26(36)30-21)31-22-14-25(38-4)23(15-24(22)37-3)34-11-9-33(10-12-34)18(2)35/h5-8,13-16H,9-12H2,1-4H3,(H,30,36)(H,29,31,32). The topological polar surface area (TPSA) is 113 Å². The maximum atomic E-state index is 11.7. The van der Waals surface area contributed by atoms with Gasteiger partial charge in [-0.1, -0.05) is 6.07 Å². The van der Waals surface area contributed by atoms with Crippen molar-refractivity contribution in [2.45, 2.75) is 13.8 Å². The average molecular weight is 515 g/mol. The van der Waals surface area contributed by atoms with Gasteiger partial charge in [0.05, 0.1) is 31.3 Å². The van der Waals surface area contributed by atoms with Crippen molar-refractivity contribution < 1.29 is 14.3 Å². The van der Waals surface area contributed by atoms with Crippen LogP contribution in [-0.2, 0) is 4.79 Å². The maximum Gasteiger partial charge on any atom is 0.248 e. The Balaban J connectivity index is 1.45. The molecule has 2 aromatic carbocycles. The van der Waals surface area contributed by atoms with Gasteiger partial charge in [0.15, 0.2) is 0 Å². The average Bonchev–Trinajstić information content (AvgIpc) is 2.93. The van der Waals surface area contributed by atoms with Crippen LogP contribution in [0.5, 0.6) is 11.5 Å². The Hall–Kier alpha value is -4.60. The van der Waals surface area contributed by atoms with Crippen LogP contribution in [0.25, 0.3) is 22.2 Å². The summed E-state index contributed by atoms with van der Waals surface area (Å²) in [7, 11) is 3.25. The molecule has 10 nitrogen and oxygen atoms in total. The first-order valence-corrected chi connectivity index (χ1v) is 12.4. The van der Waals surface area contributed by atoms with E-state index in [9.17, 15) is 9.59 Å². The minimum Gasteiger partial charge on any atom is -0.494 e. The van der Waals surface area contributed by atoms with E-state index in [0.29, 0.717) is 49.3 Å². The summed E-state index contributed by atoms with van der Waals surface area (Å²) >= 11 is 0. The highest BCUT2D eigenvalue weighted by atomic mass is 16.5. The second kappa shape index (κ2) is 10.4. The molecule has 5 rings (SSSR count). The van der Waals surface area contributed by atoms with Crippen LogP contribution in [0.15, 0.2) is 53.5 Å². The largest absolute Gasteiger partial charge is 0.494 e. The van der Waals surface area contributed by atoms with Crippen molar-refractivity contribution in [3.8, 4) is 22.8 Å². The number of aryl methyl sites for hydroxylation is 1. The van der Waals surface area contributed by atoms with Crippen molar-refractivity contribution in [3.63, 3.8) is 0 Å². The summed E-state index contributed by atoms with van der Waals surface area (Å²) in [5, 5.41) is 4.20. The van der Waals surface area contributed by atoms with Gasteiger partial charge in [-0.05, 0) is 36.1 Å². The zero-order valence-electron chi connectivity index (χ0n) is 21.9. The Labute approximate surface area is 220 Å². The second-order valence-corrected chi connectivity index (χ2v) is 9.19. The minimum absolute atomic E-state index is 0.0878. The molecule has 1 aliphatic rings. The molecule has 38 heavy (non-hydrogen) atoms. The number of aromatic nitrogens is 3. The molecule has 10 heteroatoms. The third kappa shape index (κ3) is 4.97. The number of piperazine rings is 1. The van der Waals surface area contributed by atoms with Gasteiger partial charge in [0.2, 0.25) is 17.4 Å². The summed E-state index contributed by atoms with van der Waals surface area (Å²) < 4.78 is 11.4. The van der Waals surface area contributed by atoms with Crippen LogP contribution in [0, 0.1) is 6.92 Å². The van der Waals surface area contributed by atoms with Gasteiger partial charge in [-0.15, -0.1) is 0 Å². The number of carbonyl (C=O) groups excluding carboxylic acids is 1. The molecule has 196 valence electrons. The highest BCUT2D eigenvalue weighted by Crippen LogP contribution is 2.40. The molecule has 1 saturated heterocycles. The van der Waals surface area contributed by atoms with E-state index in [1.54, 1.807) is 33.4 Å². The lowest BCUT2D eigenvalue weighted by Gasteiger charge is -2.36. The molecule has 0 radical (unpaired) electrons. The van der Waals surface area contributed by atoms with Crippen LogP contribution in [-0.4, -0.2) is 66.2 Å². The number of anilines is 3. The lowest BCUT2D eigenvalue weighted by atomic mass is 10.1. The predicted octanol–water partition coefficient (Wildman–Crippen LogP) is 3.72. The highest BCUT2D eigenvalue weighted by molar-refractivity contribution is 5.84. The van der Waals surface area contributed by atoms with Gasteiger partial charge in [-0.3, -0.25) is 9.59 Å². The van der Waals surface area contributed by atoms with E-state index in [1.165, 1.54) is 6.07 Å². The molecule has 0 bridgehead atoms. The second-order valence-electron chi connectivity index (χ2n) is 9.19. The molecule has 1 aliphatic heterocycles. The third-order valence-electron chi connectivity index (χ3n) is 6.78. The summed E-state index contributed by atoms with van der Waals surface area (Å²) in [6.07, 6.45) is 1.77. The predicted molar refractivity (Wildman–Crippen MR) is 148 cm³/mol. The van der Waals surface area contributed by atoms with Crippen molar-refractivity contribution in [1.82, 2.24) is 19.9 Å². The number of benzene rings is 2. The monoisotopic (exact) mass is 514 g/mol. The molecule has 0 atom stereocenters. The van der Waals surface area contributed by atoms with Crippen LogP contribution >= 0.6 is 0 Å². The normalized spacial score (nSPS) is 13.5. The maximum absolute atomic E-state index is 11.7. The van der Waals surface area contributed by atoms with Gasteiger partial charge < -0.3 is 29.6 Å². The lowest BCUT2D eigenvalue weighted by Crippen LogP contribution is -2.48. The van der Waals surface area contributed by atoms with E-state index in [-0.39, 0.29) is 11.5 Å². The van der Waals surface area contributed by atoms with E-state index in [4.69, 9.17) is 14.5 Å². The number of methoxy groups -OCH3 is 2. The number of aromatic amines is 1. The minimum atomic E-state index is -0.135. The number of hydrogen-bond acceptors (Lipinski definition) is 8. The van der Waals surface area contributed by atoms with Crippen LogP contribution < -0.4 is 25.2 Å². The molecule has 0 aliphatic carbocycles. The molecule has 2 N–H and O–H groups in total. The van der Waals surface area contributed by atoms with Gasteiger partial charge in [-0.25, -0.2) is 9.97 Å². The van der Waals surface area contributed by atoms with Gasteiger partial charge in [0.25, 0.3) is 0 Å². The number of amides is 1. The Morgan fingerprint density at radius 3 is 2.47 bits per heavy atom. The van der Waals surface area contributed by atoms with E-state index in [0.717, 1.165) is 33.4 Å². The number of carbonyl (C=O) groups is 1. The van der Waals surface area contributed by atoms with Crippen LogP contribution in [0.2, 0.25) is 0 Å². The SMILES string of the molecule is COc1cc(N2CCN(C(C)=O)CC2)c(OC)cc1Nc1ncc(C)c(-c2ccc3[nH]c(=O)ccc3c2)n1. The Kier molecular flexibility index (Phi) is 6.87. The number of pyridine rings is 1. The van der Waals surface area contributed by atoms with Crippen molar-refractivity contribution in [3.05, 3.63) is 64.6 Å². The summed E-state index contributed by atoms with van der Waals surface area (Å²) in [6.45, 7) is 6.28. The smallest absolute Gasteiger partial charge is 0.248 e. The quantitative estimate of drug-likeness (QED) is 0.400. The summed E-state index contributed by atoms with van der Waals surface area (Å²) in [6, 6.07) is 12.9. The van der Waals surface area contributed by atoms with Crippen LogP contribution in [0.1, 0.15) is 12.5 Å². The zero-order chi connectivity index (χ0) is 26.8. The molecule has 0 saturated carbocycles. The van der Waals surface area contributed by atoms with E-state index >= 15 is 0 Å². The van der Waals surface area contributed by atoms with Crippen molar-refractivity contribution >= 4 is 34.1 Å². The van der Waals surface area contributed by atoms with E-state index < -0.39 is 0 Å². The number of nitrogens with one attached hydrogen (secondary N) is 2. The van der Waals surface area contributed by atoms with Gasteiger partial charge in [0, 0.05) is 68.6 Å². The molecule has 2 aromatic heterocycles. The number of H-pyrrole nitrogens is 1. The molecule has 3 heterocycles. The van der Waals surface area contributed by atoms with Crippen LogP contribution in [0.3, 0.4) is 0 Å². The summed E-state index contributed by atoms with van der Waals surface area (Å²) in [4.78, 5) is 39.5. The summed E-state index contributed by atoms with van der Waals surface area (Å²) in [5.41, 5.74) is 4.82. The van der Waals surface area contributed by atoms with Crippen LogP contribution in [0.4, 0.5) is 17.3 Å². The third-order valence-corrected chi connectivity index (χ3v) is 6.78. The molecular formula is C28H30N6O4. The molecule has 0 spiro atoms. The number of ether oxygens (including phenoxy) is 2. The van der Waals surface area contributed by atoms with Gasteiger partial charge >= 0.3 is 0 Å². The Morgan fingerprint density at radius 1 is 1.00 bits per heavy atom. The van der Waals surface area contributed by atoms with E-state index in [2.05, 4.69) is 20.2 Å². The first kappa shape index (κ1) is 25.1. The highest BCUT2D eigenvalue weighted by Gasteiger charge is 2.23. The zero-order valence-corrected chi connectivity index (χ0v) is 21.9. The van der Waals surface area contributed by atoms with E-state index in [1.807, 2.05) is 42.2 Å². The first-order chi connectivity index (χ1) is 18.4. The number of nitrogens with zero attached hydrogens (tertiary/aromatic N) is 4. The molecule has 1 amide bonds. The fourth-order valence-electron chi connectivity index (χ4n) is 4.71. The molecular weight excluding hydrogens is 484 g/mol. The number of hydrogen-bond donors (Lipinski definition) is 2. The van der Waals surface area contributed by atoms with Gasteiger partial charge in [0.1, 0.15) is 11.5 Å². The molecule has 0 unspecified atom stereocenters. The number of fused-ring (bicyclic) bond motifs is 1. The Bertz CT molecular complexity index is 1560.